The Bertz CT molecular complexity index is 989. The molecule has 7 nitrogen and oxygen atoms in total. The van der Waals surface area contributed by atoms with E-state index in [0.29, 0.717) is 35.4 Å². The number of nitrogens with one attached hydrogen (secondary N) is 1. The minimum Gasteiger partial charge on any atom is -0.337 e. The number of carbonyl (C=O) groups excluding carboxylic acids is 1. The van der Waals surface area contributed by atoms with Crippen molar-refractivity contribution in [3.05, 3.63) is 34.6 Å². The van der Waals surface area contributed by atoms with Gasteiger partial charge in [0.25, 0.3) is 5.56 Å². The van der Waals surface area contributed by atoms with Crippen LogP contribution in [0.4, 0.5) is 0 Å². The van der Waals surface area contributed by atoms with Gasteiger partial charge in [0.05, 0.1) is 22.7 Å². The Kier molecular flexibility index (Phi) is 7.51. The number of aromatic nitrogens is 2. The molecule has 3 rings (SSSR count). The molecule has 0 unspecified atom stereocenters. The van der Waals surface area contributed by atoms with E-state index in [1.165, 1.54) is 11.8 Å². The molecule has 0 atom stereocenters. The maximum absolute atomic E-state index is 13.0. The number of nitrogens with zero attached hydrogens (tertiary/aromatic N) is 4. The van der Waals surface area contributed by atoms with E-state index < -0.39 is 5.54 Å². The van der Waals surface area contributed by atoms with Gasteiger partial charge in [0.1, 0.15) is 5.54 Å². The number of hydrogen-bond donors (Lipinski definition) is 1. The molecule has 1 aromatic carbocycles. The number of benzene rings is 1. The monoisotopic (exact) mass is 427 g/mol. The molecule has 1 amide bonds. The second kappa shape index (κ2) is 10.1. The van der Waals surface area contributed by atoms with Crippen LogP contribution in [0.1, 0.15) is 38.5 Å². The second-order valence-corrected chi connectivity index (χ2v) is 9.06. The van der Waals surface area contributed by atoms with E-state index in [0.717, 1.165) is 32.2 Å². The highest BCUT2D eigenvalue weighted by molar-refractivity contribution is 7.99. The predicted molar refractivity (Wildman–Crippen MR) is 119 cm³/mol. The summed E-state index contributed by atoms with van der Waals surface area (Å²) in [5.74, 6) is -0.0623. The van der Waals surface area contributed by atoms with Gasteiger partial charge in [0.15, 0.2) is 5.16 Å². The molecule has 0 saturated heterocycles. The first-order chi connectivity index (χ1) is 14.4. The lowest BCUT2D eigenvalue weighted by molar-refractivity contribution is -0.120. The second-order valence-electron chi connectivity index (χ2n) is 8.12. The number of rotatable bonds is 8. The van der Waals surface area contributed by atoms with Crippen molar-refractivity contribution in [2.75, 3.05) is 26.4 Å². The summed E-state index contributed by atoms with van der Waals surface area (Å²) in [7, 11) is 4.00. The minimum atomic E-state index is -0.752. The normalized spacial score (nSPS) is 15.8. The van der Waals surface area contributed by atoms with Crippen molar-refractivity contribution in [3.8, 4) is 6.07 Å². The third-order valence-corrected chi connectivity index (χ3v) is 6.42. The molecule has 2 aromatic rings. The molecule has 0 radical (unpaired) electrons. The SMILES string of the molecule is CN(C)CCCn1c(SCC(=O)NC2(C#N)CCCCC2)nc2ccccc2c1=O. The van der Waals surface area contributed by atoms with E-state index in [1.807, 2.05) is 32.3 Å². The molecule has 0 aliphatic heterocycles. The molecule has 0 spiro atoms. The Labute approximate surface area is 181 Å². The molecule has 1 fully saturated rings. The van der Waals surface area contributed by atoms with Gasteiger partial charge in [0.2, 0.25) is 5.91 Å². The Balaban J connectivity index is 1.77. The van der Waals surface area contributed by atoms with E-state index in [-0.39, 0.29) is 17.2 Å². The fourth-order valence-corrected chi connectivity index (χ4v) is 4.68. The van der Waals surface area contributed by atoms with Gasteiger partial charge in [-0.15, -0.1) is 0 Å². The molecule has 8 heteroatoms. The lowest BCUT2D eigenvalue weighted by Crippen LogP contribution is -2.49. The Morgan fingerprint density at radius 2 is 2.03 bits per heavy atom. The van der Waals surface area contributed by atoms with Gasteiger partial charge in [-0.3, -0.25) is 14.2 Å². The number of amides is 1. The van der Waals surface area contributed by atoms with Crippen LogP contribution in [-0.4, -0.2) is 52.3 Å². The van der Waals surface area contributed by atoms with Gasteiger partial charge in [-0.05, 0) is 52.0 Å². The van der Waals surface area contributed by atoms with Crippen LogP contribution in [0.5, 0.6) is 0 Å². The third-order valence-electron chi connectivity index (χ3n) is 5.45. The Hall–Kier alpha value is -2.37. The summed E-state index contributed by atoms with van der Waals surface area (Å²) in [5.41, 5.74) is -0.198. The van der Waals surface area contributed by atoms with Gasteiger partial charge >= 0.3 is 0 Å². The van der Waals surface area contributed by atoms with Crippen molar-refractivity contribution in [2.24, 2.45) is 0 Å². The van der Waals surface area contributed by atoms with Crippen LogP contribution in [-0.2, 0) is 11.3 Å². The first kappa shape index (κ1) is 22.3. The first-order valence-corrected chi connectivity index (χ1v) is 11.4. The molecule has 30 heavy (non-hydrogen) atoms. The third kappa shape index (κ3) is 5.41. The largest absolute Gasteiger partial charge is 0.337 e. The van der Waals surface area contributed by atoms with Crippen molar-refractivity contribution in [1.29, 1.82) is 5.26 Å². The highest BCUT2D eigenvalue weighted by Crippen LogP contribution is 2.28. The lowest BCUT2D eigenvalue weighted by Gasteiger charge is -2.31. The van der Waals surface area contributed by atoms with Crippen molar-refractivity contribution in [2.45, 2.75) is 55.8 Å². The van der Waals surface area contributed by atoms with Gasteiger partial charge < -0.3 is 10.2 Å². The molecular weight excluding hydrogens is 398 g/mol. The number of nitriles is 1. The summed E-state index contributed by atoms with van der Waals surface area (Å²) >= 11 is 1.26. The molecule has 1 saturated carbocycles. The topological polar surface area (TPSA) is 91.0 Å². The van der Waals surface area contributed by atoms with Crippen molar-refractivity contribution in [1.82, 2.24) is 19.8 Å². The highest BCUT2D eigenvalue weighted by atomic mass is 32.2. The van der Waals surface area contributed by atoms with Crippen LogP contribution in [0.2, 0.25) is 0 Å². The minimum absolute atomic E-state index is 0.0805. The Morgan fingerprint density at radius 3 is 2.73 bits per heavy atom. The average molecular weight is 428 g/mol. The highest BCUT2D eigenvalue weighted by Gasteiger charge is 2.33. The summed E-state index contributed by atoms with van der Waals surface area (Å²) in [5, 5.41) is 13.7. The Morgan fingerprint density at radius 1 is 1.30 bits per heavy atom. The van der Waals surface area contributed by atoms with Gasteiger partial charge in [-0.25, -0.2) is 4.98 Å². The summed E-state index contributed by atoms with van der Waals surface area (Å²) in [6, 6.07) is 9.60. The molecule has 1 aromatic heterocycles. The summed E-state index contributed by atoms with van der Waals surface area (Å²) in [4.78, 5) is 32.4. The fourth-order valence-electron chi connectivity index (χ4n) is 3.85. The molecule has 1 aliphatic rings. The van der Waals surface area contributed by atoms with E-state index in [2.05, 4.69) is 21.3 Å². The molecule has 1 aliphatic carbocycles. The summed E-state index contributed by atoms with van der Waals surface area (Å²) < 4.78 is 1.67. The predicted octanol–water partition coefficient (Wildman–Crippen LogP) is 2.78. The quantitative estimate of drug-likeness (QED) is 0.515. The van der Waals surface area contributed by atoms with E-state index in [9.17, 15) is 14.9 Å². The smallest absolute Gasteiger partial charge is 0.262 e. The van der Waals surface area contributed by atoms with Crippen LogP contribution in [0.3, 0.4) is 0 Å². The summed E-state index contributed by atoms with van der Waals surface area (Å²) in [6.07, 6.45) is 5.22. The zero-order valence-corrected chi connectivity index (χ0v) is 18.5. The molecule has 0 bridgehead atoms. The number of thioether (sulfide) groups is 1. The zero-order valence-electron chi connectivity index (χ0n) is 17.7. The maximum atomic E-state index is 13.0. The van der Waals surface area contributed by atoms with Crippen LogP contribution >= 0.6 is 11.8 Å². The van der Waals surface area contributed by atoms with E-state index in [4.69, 9.17) is 0 Å². The maximum Gasteiger partial charge on any atom is 0.262 e. The number of hydrogen-bond acceptors (Lipinski definition) is 6. The molecule has 1 N–H and O–H groups in total. The number of fused-ring (bicyclic) bond motifs is 1. The van der Waals surface area contributed by atoms with Crippen LogP contribution < -0.4 is 10.9 Å². The molecule has 160 valence electrons. The molecule has 1 heterocycles. The number of carbonyl (C=O) groups is 1. The average Bonchev–Trinajstić information content (AvgIpc) is 2.74. The van der Waals surface area contributed by atoms with E-state index in [1.54, 1.807) is 10.6 Å². The van der Waals surface area contributed by atoms with Crippen LogP contribution in [0, 0.1) is 11.3 Å². The van der Waals surface area contributed by atoms with Gasteiger partial charge in [-0.2, -0.15) is 5.26 Å². The standard InChI is InChI=1S/C22H29N5O2S/c1-26(2)13-8-14-27-20(29)17-9-4-5-10-18(17)24-21(27)30-15-19(28)25-22(16-23)11-6-3-7-12-22/h4-5,9-10H,3,6-8,11-15H2,1-2H3,(H,25,28). The van der Waals surface area contributed by atoms with E-state index >= 15 is 0 Å². The van der Waals surface area contributed by atoms with Crippen LogP contribution in [0.15, 0.2) is 34.2 Å². The van der Waals surface area contributed by atoms with Crippen molar-refractivity contribution >= 4 is 28.6 Å². The first-order valence-electron chi connectivity index (χ1n) is 10.4. The lowest BCUT2D eigenvalue weighted by atomic mass is 9.83. The van der Waals surface area contributed by atoms with Crippen molar-refractivity contribution in [3.63, 3.8) is 0 Å². The van der Waals surface area contributed by atoms with Crippen molar-refractivity contribution < 1.29 is 4.79 Å². The fraction of sp³-hybridized carbons (Fsp3) is 0.545. The summed E-state index contributed by atoms with van der Waals surface area (Å²) in [6.45, 7) is 1.40. The van der Waals surface area contributed by atoms with Gasteiger partial charge in [-0.1, -0.05) is 43.2 Å². The molecular formula is C22H29N5O2S. The van der Waals surface area contributed by atoms with Gasteiger partial charge in [0, 0.05) is 6.54 Å². The van der Waals surface area contributed by atoms with Crippen LogP contribution in [0.25, 0.3) is 10.9 Å². The number of para-hydroxylation sites is 1. The zero-order chi connectivity index (χ0) is 21.6.